The third-order valence-electron chi connectivity index (χ3n) is 10.5. The predicted octanol–water partition coefficient (Wildman–Crippen LogP) is 11.6. The van der Waals surface area contributed by atoms with Crippen LogP contribution in [0.1, 0.15) is 80.6 Å². The van der Waals surface area contributed by atoms with Gasteiger partial charge in [-0.3, -0.25) is 0 Å². The second-order valence-corrected chi connectivity index (χ2v) is 43.0. The Morgan fingerprint density at radius 1 is 0.596 bits per heavy atom. The molecule has 12 heteroatoms. The highest BCUT2D eigenvalue weighted by molar-refractivity contribution is 6.76. The van der Waals surface area contributed by atoms with Crippen molar-refractivity contribution >= 4 is 32.8 Å². The van der Waals surface area contributed by atoms with E-state index in [1.165, 1.54) is 17.8 Å². The first-order valence-corrected chi connectivity index (χ1v) is 32.9. The fraction of sp³-hybridized carbons (Fsp3) is 0.850. The van der Waals surface area contributed by atoms with E-state index in [0.717, 1.165) is 45.0 Å². The molecule has 2 aromatic rings. The van der Waals surface area contributed by atoms with E-state index in [4.69, 9.17) is 18.3 Å². The number of hydrogen-bond acceptors (Lipinski definition) is 6. The molecule has 0 aromatic carbocycles. The van der Waals surface area contributed by atoms with Gasteiger partial charge in [-0.15, -0.1) is 0 Å². The number of aromatic nitrogens is 4. The second kappa shape index (κ2) is 19.3. The van der Waals surface area contributed by atoms with E-state index in [0.29, 0.717) is 13.5 Å². The molecule has 0 amide bonds. The van der Waals surface area contributed by atoms with Gasteiger partial charge in [0.25, 0.3) is 0 Å². The first kappa shape index (κ1) is 49.1. The van der Waals surface area contributed by atoms with E-state index < -0.39 is 32.8 Å². The Kier molecular flexibility index (Phi) is 18.3. The summed E-state index contributed by atoms with van der Waals surface area (Å²) in [5.74, 6) is 0. The lowest BCUT2D eigenvalue weighted by Crippen LogP contribution is -2.43. The minimum Gasteiger partial charge on any atom is -0.416 e. The molecule has 0 saturated heterocycles. The highest BCUT2D eigenvalue weighted by Crippen LogP contribution is 2.39. The van der Waals surface area contributed by atoms with Crippen LogP contribution in [0.3, 0.4) is 0 Å². The Balaban J connectivity index is 0.000000520. The third-order valence-corrected chi connectivity index (χ3v) is 22.9. The fourth-order valence-electron chi connectivity index (χ4n) is 4.53. The summed E-state index contributed by atoms with van der Waals surface area (Å²) in [5, 5.41) is 9.63. The van der Waals surface area contributed by atoms with Crippen LogP contribution in [0, 0.1) is 10.8 Å². The molecule has 0 aliphatic carbocycles. The van der Waals surface area contributed by atoms with Crippen LogP contribution in [0.2, 0.25) is 87.6 Å². The molecule has 0 aliphatic rings. The summed E-state index contributed by atoms with van der Waals surface area (Å²) < 4.78 is 28.5. The molecule has 0 radical (unpaired) electrons. The number of rotatable bonds is 20. The van der Waals surface area contributed by atoms with Crippen molar-refractivity contribution < 1.29 is 18.3 Å². The molecule has 0 aliphatic heterocycles. The lowest BCUT2D eigenvalue weighted by Gasteiger charge is -2.39. The molecule has 0 atom stereocenters. The Morgan fingerprint density at radius 2 is 1.04 bits per heavy atom. The van der Waals surface area contributed by atoms with Gasteiger partial charge in [0.15, 0.2) is 16.6 Å². The molecule has 0 N–H and O–H groups in total. The van der Waals surface area contributed by atoms with Crippen LogP contribution >= 0.6 is 0 Å². The normalized spacial score (nSPS) is 14.1. The molecule has 304 valence electrons. The molecule has 8 nitrogen and oxygen atoms in total. The topological polar surface area (TPSA) is 72.6 Å². The highest BCUT2D eigenvalue weighted by Gasteiger charge is 2.39. The monoisotopic (exact) mass is 797 g/mol. The molecule has 0 fully saturated rings. The molecule has 0 unspecified atom stereocenters. The van der Waals surface area contributed by atoms with Gasteiger partial charge >= 0.3 is 0 Å². The van der Waals surface area contributed by atoms with Gasteiger partial charge in [-0.1, -0.05) is 109 Å². The van der Waals surface area contributed by atoms with E-state index >= 15 is 0 Å². The Hall–Kier alpha value is -0.872. The molecule has 0 spiro atoms. The lowest BCUT2D eigenvalue weighted by molar-refractivity contribution is 0.0740. The SMILES string of the molecule is CC(C)(CO[Si](C)(C)C(C)(C)C)Cc1ccn(COCC[Si](C)(C)C)n1.CC(C)(CO[Si](C)(C)C(C)(C)C)Cc1ccnn1COCC[Si](C)(C)C. The largest absolute Gasteiger partial charge is 0.416 e. The third kappa shape index (κ3) is 19.6. The summed E-state index contributed by atoms with van der Waals surface area (Å²) in [4.78, 5) is 0. The minimum absolute atomic E-state index is 0.0750. The van der Waals surface area contributed by atoms with Crippen molar-refractivity contribution in [3.63, 3.8) is 0 Å². The molecule has 52 heavy (non-hydrogen) atoms. The van der Waals surface area contributed by atoms with Crippen molar-refractivity contribution in [3.8, 4) is 0 Å². The molecular weight excluding hydrogens is 713 g/mol. The van der Waals surface area contributed by atoms with E-state index in [1.807, 2.05) is 21.8 Å². The standard InChI is InChI=1S/2C20H42N2O2Si2/c1-19(2,3)26(9,10)24-16-20(4,5)15-18-11-12-22(21-18)17-23-13-14-25(6,7)8;1-19(2,3)26(9,10)24-16-20(4,5)15-18-11-12-21-22(18)17-23-13-14-25(6,7)8/h2*11-12H,13-17H2,1-10H3. The van der Waals surface area contributed by atoms with Gasteiger partial charge in [0.05, 0.1) is 5.69 Å². The summed E-state index contributed by atoms with van der Waals surface area (Å²) in [5.41, 5.74) is 2.49. The zero-order valence-electron chi connectivity index (χ0n) is 37.8. The van der Waals surface area contributed by atoms with Crippen LogP contribution < -0.4 is 0 Å². The van der Waals surface area contributed by atoms with Crippen LogP contribution in [0.25, 0.3) is 0 Å². The van der Waals surface area contributed by atoms with Crippen molar-refractivity contribution in [1.29, 1.82) is 0 Å². The highest BCUT2D eigenvalue weighted by atomic mass is 28.4. The van der Waals surface area contributed by atoms with Gasteiger partial charge in [0.1, 0.15) is 13.5 Å². The van der Waals surface area contributed by atoms with Crippen molar-refractivity contribution in [2.45, 2.75) is 183 Å². The average molecular weight is 797 g/mol. The zero-order chi connectivity index (χ0) is 40.5. The summed E-state index contributed by atoms with van der Waals surface area (Å²) in [6.45, 7) is 50.7. The van der Waals surface area contributed by atoms with Gasteiger partial charge in [-0.05, 0) is 84.2 Å². The van der Waals surface area contributed by atoms with E-state index in [9.17, 15) is 0 Å². The first-order chi connectivity index (χ1) is 23.2. The molecule has 0 bridgehead atoms. The first-order valence-electron chi connectivity index (χ1n) is 19.7. The van der Waals surface area contributed by atoms with Crippen LogP contribution in [-0.4, -0.2) is 78.8 Å². The predicted molar refractivity (Wildman–Crippen MR) is 234 cm³/mol. The van der Waals surface area contributed by atoms with E-state index in [2.05, 4.69) is 157 Å². The maximum atomic E-state index is 6.47. The van der Waals surface area contributed by atoms with Gasteiger partial charge in [-0.25, -0.2) is 9.36 Å². The van der Waals surface area contributed by atoms with Crippen LogP contribution in [0.15, 0.2) is 24.5 Å². The summed E-state index contributed by atoms with van der Waals surface area (Å²) in [6.07, 6.45) is 5.76. The zero-order valence-corrected chi connectivity index (χ0v) is 41.8. The molecule has 2 rings (SSSR count). The van der Waals surface area contributed by atoms with Gasteiger partial charge in [0.2, 0.25) is 0 Å². The van der Waals surface area contributed by atoms with Crippen molar-refractivity contribution in [2.24, 2.45) is 10.8 Å². The van der Waals surface area contributed by atoms with Crippen molar-refractivity contribution in [1.82, 2.24) is 19.6 Å². The summed E-state index contributed by atoms with van der Waals surface area (Å²) in [6, 6.07) is 6.60. The van der Waals surface area contributed by atoms with Gasteiger partial charge in [-0.2, -0.15) is 10.2 Å². The van der Waals surface area contributed by atoms with Crippen molar-refractivity contribution in [3.05, 3.63) is 35.9 Å². The maximum absolute atomic E-state index is 6.47. The molecule has 2 aromatic heterocycles. The van der Waals surface area contributed by atoms with Crippen LogP contribution in [0.5, 0.6) is 0 Å². The maximum Gasteiger partial charge on any atom is 0.192 e. The van der Waals surface area contributed by atoms with E-state index in [1.54, 1.807) is 0 Å². The van der Waals surface area contributed by atoms with Crippen LogP contribution in [0.4, 0.5) is 0 Å². The van der Waals surface area contributed by atoms with Crippen LogP contribution in [-0.2, 0) is 44.6 Å². The van der Waals surface area contributed by atoms with Gasteiger partial charge in [0, 0.05) is 60.7 Å². The smallest absolute Gasteiger partial charge is 0.192 e. The Labute approximate surface area is 325 Å². The molecule has 2 heterocycles. The summed E-state index contributed by atoms with van der Waals surface area (Å²) in [7, 11) is -5.49. The second-order valence-electron chi connectivity index (χ2n) is 22.1. The summed E-state index contributed by atoms with van der Waals surface area (Å²) >= 11 is 0. The Morgan fingerprint density at radius 3 is 1.48 bits per heavy atom. The quantitative estimate of drug-likeness (QED) is 0.0981. The average Bonchev–Trinajstić information content (AvgIpc) is 3.58. The number of nitrogens with zero attached hydrogens (tertiary/aromatic N) is 4. The molecular formula is C40H84N4O4Si4. The lowest BCUT2D eigenvalue weighted by atomic mass is 9.89. The number of hydrogen-bond donors (Lipinski definition) is 0. The minimum atomic E-state index is -1.72. The fourth-order valence-corrected chi connectivity index (χ4v) is 8.41. The number of ether oxygens (including phenoxy) is 2. The van der Waals surface area contributed by atoms with E-state index in [-0.39, 0.29) is 20.9 Å². The van der Waals surface area contributed by atoms with Gasteiger partial charge < -0.3 is 18.3 Å². The van der Waals surface area contributed by atoms with Crippen molar-refractivity contribution in [2.75, 3.05) is 26.4 Å². The Bertz CT molecular complexity index is 1310. The molecule has 0 saturated carbocycles.